The Kier molecular flexibility index (Phi) is 29.2. The zero-order valence-electron chi connectivity index (χ0n) is 44.2. The number of carbonyl (C=O) groups is 12. The third-order valence-corrected chi connectivity index (χ3v) is 12.4. The maximum absolute atomic E-state index is 13.8. The average Bonchev–Trinajstić information content (AvgIpc) is 3.35. The highest BCUT2D eigenvalue weighted by atomic mass is 32.1. The molecule has 0 fully saturated rings. The lowest BCUT2D eigenvalue weighted by molar-refractivity contribution is -0.144. The number of aliphatic carboxylic acids is 3. The lowest BCUT2D eigenvalue weighted by atomic mass is 9.97. The zero-order chi connectivity index (χ0) is 59.0. The standard InChI is InChI=1S/C48H76N10O18S/c1-9-23(6)37(57-40(67)28(49)18-26-10-12-27(61)13-11-26)46(73)54-32(20-77)44(71)52-30(15-17-34(64)65)42(69)51-29(14-16-33(62)63)41(68)50-24(7)39(66)53-31(19-59)43(70)55-35(21(2)3)45(72)58-38(25(8)60)47(74)56-36(22(4)5)48(75)76/h10-13,21-25,28-32,35-38,59-61,77H,9,14-20,49H2,1-8H3,(H,50,68)(H,51,69)(H,52,71)(H,53,66)(H,54,73)(H,55,70)(H,56,74)(H,57,67)(H,58,72)(H,62,63)(H,64,65)(H,75,76)/t23-,24-,25+,28-,29-,30-,31-,32-,35-,36-,37-,38-/m0/s1. The van der Waals surface area contributed by atoms with Crippen molar-refractivity contribution in [1.29, 1.82) is 0 Å². The number of nitrogens with two attached hydrogens (primary N) is 1. The fourth-order valence-corrected chi connectivity index (χ4v) is 7.34. The SMILES string of the molecule is CC[C@H](C)[C@H](NC(=O)[C@@H](N)Cc1ccc(O)cc1)C(=O)N[C@@H](CS)C(=O)N[C@@H](CCC(=O)O)C(=O)N[C@@H](CCC(=O)O)C(=O)N[C@@H](C)C(=O)N[C@@H](CO)C(=O)N[C@H](C(=O)N[C@H](C(=O)N[C@H](C(=O)O)C(C)C)[C@@H](C)O)C(C)C. The van der Waals surface area contributed by atoms with Crippen LogP contribution in [-0.4, -0.2) is 181 Å². The van der Waals surface area contributed by atoms with Gasteiger partial charge in [0, 0.05) is 18.6 Å². The number of carboxylic acid groups (broad SMARTS) is 3. The van der Waals surface area contributed by atoms with Crippen molar-refractivity contribution in [2.45, 2.75) is 160 Å². The van der Waals surface area contributed by atoms with Gasteiger partial charge in [-0.1, -0.05) is 60.1 Å². The summed E-state index contributed by atoms with van der Waals surface area (Å²) in [5, 5.41) is 79.2. The van der Waals surface area contributed by atoms with Crippen LogP contribution in [0, 0.1) is 17.8 Å². The van der Waals surface area contributed by atoms with Gasteiger partial charge < -0.3 is 84.2 Å². The van der Waals surface area contributed by atoms with Gasteiger partial charge in [-0.05, 0) is 68.6 Å². The summed E-state index contributed by atoms with van der Waals surface area (Å²) >= 11 is 4.16. The molecule has 12 atom stereocenters. The second-order valence-corrected chi connectivity index (χ2v) is 19.4. The predicted octanol–water partition coefficient (Wildman–Crippen LogP) is -3.88. The van der Waals surface area contributed by atoms with Crippen LogP contribution < -0.4 is 53.6 Å². The first-order valence-electron chi connectivity index (χ1n) is 24.7. The number of rotatable bonds is 34. The molecule has 0 spiro atoms. The second kappa shape index (κ2) is 33.1. The zero-order valence-corrected chi connectivity index (χ0v) is 45.1. The summed E-state index contributed by atoms with van der Waals surface area (Å²) in [6, 6.07) is -9.34. The molecule has 0 aliphatic heterocycles. The second-order valence-electron chi connectivity index (χ2n) is 19.1. The van der Waals surface area contributed by atoms with Crippen LogP contribution in [0.15, 0.2) is 24.3 Å². The molecular formula is C48H76N10O18S. The van der Waals surface area contributed by atoms with Crippen LogP contribution in [0.5, 0.6) is 5.75 Å². The van der Waals surface area contributed by atoms with Crippen LogP contribution in [-0.2, 0) is 64.0 Å². The van der Waals surface area contributed by atoms with Crippen molar-refractivity contribution < 1.29 is 88.2 Å². The maximum Gasteiger partial charge on any atom is 0.326 e. The van der Waals surface area contributed by atoms with Crippen molar-refractivity contribution in [3.05, 3.63) is 29.8 Å². The number of carbonyl (C=O) groups excluding carboxylic acids is 9. The molecule has 0 radical (unpaired) electrons. The van der Waals surface area contributed by atoms with Crippen molar-refractivity contribution in [3.63, 3.8) is 0 Å². The van der Waals surface area contributed by atoms with Crippen molar-refractivity contribution in [2.75, 3.05) is 12.4 Å². The van der Waals surface area contributed by atoms with E-state index in [4.69, 9.17) is 5.73 Å². The molecule has 28 nitrogen and oxygen atoms in total. The molecule has 9 amide bonds. The Bertz CT molecular complexity index is 2240. The number of hydrogen-bond acceptors (Lipinski definition) is 17. The lowest BCUT2D eigenvalue weighted by Gasteiger charge is -2.29. The summed E-state index contributed by atoms with van der Waals surface area (Å²) in [6.07, 6.45) is -3.80. The van der Waals surface area contributed by atoms with E-state index >= 15 is 0 Å². The minimum atomic E-state index is -1.79. The molecule has 1 rings (SSSR count). The van der Waals surface area contributed by atoms with Gasteiger partial charge in [-0.3, -0.25) is 52.7 Å². The first kappa shape index (κ1) is 67.9. The van der Waals surface area contributed by atoms with E-state index in [9.17, 15) is 88.2 Å². The largest absolute Gasteiger partial charge is 0.508 e. The van der Waals surface area contributed by atoms with E-state index in [1.807, 2.05) is 0 Å². The minimum absolute atomic E-state index is 0.00113. The van der Waals surface area contributed by atoms with Gasteiger partial charge in [-0.2, -0.15) is 12.6 Å². The highest BCUT2D eigenvalue weighted by molar-refractivity contribution is 7.80. The van der Waals surface area contributed by atoms with E-state index in [-0.39, 0.29) is 17.9 Å². The van der Waals surface area contributed by atoms with Gasteiger partial charge in [0.1, 0.15) is 60.1 Å². The Hall–Kier alpha value is -7.11. The molecule has 0 bridgehead atoms. The van der Waals surface area contributed by atoms with Crippen molar-refractivity contribution in [2.24, 2.45) is 23.5 Å². The molecule has 0 saturated carbocycles. The van der Waals surface area contributed by atoms with E-state index in [1.54, 1.807) is 26.0 Å². The first-order chi connectivity index (χ1) is 35.9. The average molecular weight is 1110 g/mol. The van der Waals surface area contributed by atoms with Crippen LogP contribution in [0.3, 0.4) is 0 Å². The molecular weight excluding hydrogens is 1040 g/mol. The summed E-state index contributed by atoms with van der Waals surface area (Å²) in [4.78, 5) is 156. The quantitative estimate of drug-likeness (QED) is 0.0294. The fourth-order valence-electron chi connectivity index (χ4n) is 7.08. The normalized spacial score (nSPS) is 15.9. The predicted molar refractivity (Wildman–Crippen MR) is 276 cm³/mol. The number of aliphatic hydroxyl groups excluding tert-OH is 2. The van der Waals surface area contributed by atoms with Crippen LogP contribution in [0.25, 0.3) is 0 Å². The van der Waals surface area contributed by atoms with Gasteiger partial charge in [-0.15, -0.1) is 0 Å². The maximum atomic E-state index is 13.8. The van der Waals surface area contributed by atoms with Gasteiger partial charge in [0.2, 0.25) is 53.2 Å². The number of aromatic hydroxyl groups is 1. The monoisotopic (exact) mass is 1110 g/mol. The molecule has 0 aliphatic rings. The first-order valence-corrected chi connectivity index (χ1v) is 25.3. The van der Waals surface area contributed by atoms with Gasteiger partial charge in [0.25, 0.3) is 0 Å². The summed E-state index contributed by atoms with van der Waals surface area (Å²) in [6.45, 7) is 10.6. The van der Waals surface area contributed by atoms with Crippen molar-refractivity contribution in [3.8, 4) is 5.75 Å². The summed E-state index contributed by atoms with van der Waals surface area (Å²) in [5.41, 5.74) is 6.74. The van der Waals surface area contributed by atoms with E-state index in [0.29, 0.717) is 12.0 Å². The Morgan fingerprint density at radius 3 is 1.36 bits per heavy atom. The van der Waals surface area contributed by atoms with Gasteiger partial charge >= 0.3 is 17.9 Å². The summed E-state index contributed by atoms with van der Waals surface area (Å²) in [5.74, 6) is -15.7. The van der Waals surface area contributed by atoms with Crippen molar-refractivity contribution in [1.82, 2.24) is 47.9 Å². The number of aliphatic hydroxyl groups is 2. The smallest absolute Gasteiger partial charge is 0.326 e. The van der Waals surface area contributed by atoms with E-state index in [2.05, 4.69) is 60.5 Å². The number of hydrogen-bond donors (Lipinski definition) is 17. The number of carboxylic acids is 3. The highest BCUT2D eigenvalue weighted by Crippen LogP contribution is 2.14. The molecule has 432 valence electrons. The number of phenols is 1. The number of amides is 9. The molecule has 0 saturated heterocycles. The number of nitrogens with one attached hydrogen (secondary N) is 9. The Morgan fingerprint density at radius 1 is 0.519 bits per heavy atom. The third-order valence-electron chi connectivity index (χ3n) is 12.0. The van der Waals surface area contributed by atoms with Gasteiger partial charge in [0.15, 0.2) is 0 Å². The number of phenolic OH excluding ortho intramolecular Hbond substituents is 1. The van der Waals surface area contributed by atoms with Crippen LogP contribution in [0.1, 0.15) is 93.1 Å². The van der Waals surface area contributed by atoms with Crippen LogP contribution >= 0.6 is 12.6 Å². The number of benzene rings is 1. The van der Waals surface area contributed by atoms with Gasteiger partial charge in [0.05, 0.1) is 18.8 Å². The molecule has 1 aromatic carbocycles. The molecule has 0 unspecified atom stereocenters. The summed E-state index contributed by atoms with van der Waals surface area (Å²) < 4.78 is 0. The summed E-state index contributed by atoms with van der Waals surface area (Å²) in [7, 11) is 0. The highest BCUT2D eigenvalue weighted by Gasteiger charge is 2.37. The van der Waals surface area contributed by atoms with Crippen LogP contribution in [0.2, 0.25) is 0 Å². The molecule has 1 aromatic rings. The van der Waals surface area contributed by atoms with E-state index < -0.39 is 188 Å². The van der Waals surface area contributed by atoms with E-state index in [1.165, 1.54) is 39.8 Å². The molecule has 17 N–H and O–H groups in total. The lowest BCUT2D eigenvalue weighted by Crippen LogP contribution is -2.62. The Labute approximate surface area is 450 Å². The molecule has 0 heterocycles. The van der Waals surface area contributed by atoms with Crippen LogP contribution in [0.4, 0.5) is 0 Å². The Balaban J connectivity index is 3.23. The third kappa shape index (κ3) is 23.4. The topological polar surface area (TPSA) is 461 Å². The van der Waals surface area contributed by atoms with Crippen molar-refractivity contribution >= 4 is 83.7 Å². The Morgan fingerprint density at radius 2 is 0.922 bits per heavy atom. The van der Waals surface area contributed by atoms with E-state index in [0.717, 1.165) is 13.8 Å². The molecule has 29 heteroatoms. The molecule has 77 heavy (non-hydrogen) atoms. The fraction of sp³-hybridized carbons (Fsp3) is 0.625. The minimum Gasteiger partial charge on any atom is -0.508 e. The molecule has 0 aliphatic carbocycles. The number of thiol groups is 1. The van der Waals surface area contributed by atoms with Gasteiger partial charge in [-0.25, -0.2) is 4.79 Å². The molecule has 0 aromatic heterocycles.